The highest BCUT2D eigenvalue weighted by atomic mass is 79.9. The molecule has 0 aliphatic heterocycles. The van der Waals surface area contributed by atoms with E-state index in [1.165, 1.54) is 6.07 Å². The lowest BCUT2D eigenvalue weighted by Crippen LogP contribution is -2.20. The maximum absolute atomic E-state index is 11.9. The molecule has 7 heteroatoms. The van der Waals surface area contributed by atoms with Crippen molar-refractivity contribution in [2.24, 2.45) is 0 Å². The van der Waals surface area contributed by atoms with Gasteiger partial charge in [0, 0.05) is 10.0 Å². The van der Waals surface area contributed by atoms with E-state index >= 15 is 0 Å². The van der Waals surface area contributed by atoms with E-state index in [4.69, 9.17) is 4.74 Å². The summed E-state index contributed by atoms with van der Waals surface area (Å²) in [6, 6.07) is 4.64. The van der Waals surface area contributed by atoms with E-state index in [0.29, 0.717) is 16.8 Å². The number of halogens is 4. The van der Waals surface area contributed by atoms with Crippen LogP contribution in [0.2, 0.25) is 0 Å². The number of Topliss-reactive ketones (excluding diaryl/α,β-unsaturated/α-hetero) is 1. The first-order valence-electron chi connectivity index (χ1n) is 5.43. The number of hydrogen-bond donors (Lipinski definition) is 0. The number of rotatable bonds is 6. The topological polar surface area (TPSA) is 35.5 Å². The van der Waals surface area contributed by atoms with Crippen LogP contribution < -0.4 is 4.74 Å². The molecule has 0 saturated carbocycles. The van der Waals surface area contributed by atoms with Crippen LogP contribution >= 0.6 is 15.9 Å². The maximum Gasteiger partial charge on any atom is 0.411 e. The molecular formula is C12H12BrF3O3. The molecule has 19 heavy (non-hydrogen) atoms. The number of benzene rings is 1. The van der Waals surface area contributed by atoms with Crippen LogP contribution in [0.4, 0.5) is 13.2 Å². The van der Waals surface area contributed by atoms with Gasteiger partial charge in [-0.1, -0.05) is 0 Å². The predicted molar refractivity (Wildman–Crippen MR) is 66.5 cm³/mol. The first kappa shape index (κ1) is 16.0. The molecule has 0 bridgehead atoms. The Morgan fingerprint density at radius 3 is 2.58 bits per heavy atom. The molecule has 0 heterocycles. The summed E-state index contributed by atoms with van der Waals surface area (Å²) in [5.41, 5.74) is 0.255. The Hall–Kier alpha value is -1.08. The molecule has 0 spiro atoms. The van der Waals surface area contributed by atoms with Gasteiger partial charge in [0.25, 0.3) is 0 Å². The fourth-order valence-corrected chi connectivity index (χ4v) is 1.89. The summed E-state index contributed by atoms with van der Waals surface area (Å²) in [7, 11) is 0. The lowest BCUT2D eigenvalue weighted by Gasteiger charge is -2.09. The molecular weight excluding hydrogens is 329 g/mol. The molecule has 0 fully saturated rings. The van der Waals surface area contributed by atoms with E-state index in [0.717, 1.165) is 0 Å². The van der Waals surface area contributed by atoms with Crippen LogP contribution in [-0.4, -0.2) is 31.8 Å². The Morgan fingerprint density at radius 2 is 2.05 bits per heavy atom. The maximum atomic E-state index is 11.9. The van der Waals surface area contributed by atoms with E-state index in [2.05, 4.69) is 20.7 Å². The van der Waals surface area contributed by atoms with Gasteiger partial charge >= 0.3 is 6.18 Å². The fourth-order valence-electron chi connectivity index (χ4n) is 1.32. The highest BCUT2D eigenvalue weighted by Crippen LogP contribution is 2.24. The number of carbonyl (C=O) groups excluding carboxylic acids is 1. The Balaban J connectivity index is 2.62. The van der Waals surface area contributed by atoms with Gasteiger partial charge in [0.15, 0.2) is 5.78 Å². The minimum absolute atomic E-state index is 0.255. The van der Waals surface area contributed by atoms with Crippen LogP contribution in [0.25, 0.3) is 0 Å². The molecule has 0 radical (unpaired) electrons. The molecule has 0 unspecified atom stereocenters. The second-order valence-corrected chi connectivity index (χ2v) is 4.46. The van der Waals surface area contributed by atoms with E-state index in [-0.39, 0.29) is 5.56 Å². The average Bonchev–Trinajstić information content (AvgIpc) is 2.27. The molecule has 0 aliphatic carbocycles. The van der Waals surface area contributed by atoms with Gasteiger partial charge in [0.2, 0.25) is 0 Å². The number of carbonyl (C=O) groups is 1. The van der Waals surface area contributed by atoms with Gasteiger partial charge in [-0.05, 0) is 41.1 Å². The van der Waals surface area contributed by atoms with Crippen molar-refractivity contribution >= 4 is 21.7 Å². The summed E-state index contributed by atoms with van der Waals surface area (Å²) in [5, 5.41) is 0. The molecule has 0 atom stereocenters. The van der Waals surface area contributed by atoms with Gasteiger partial charge in [-0.3, -0.25) is 4.79 Å². The van der Waals surface area contributed by atoms with Crippen LogP contribution in [0.5, 0.6) is 5.75 Å². The first-order valence-corrected chi connectivity index (χ1v) is 6.23. The third-order valence-electron chi connectivity index (χ3n) is 2.05. The van der Waals surface area contributed by atoms with Crippen LogP contribution in [0.3, 0.4) is 0 Å². The molecule has 3 nitrogen and oxygen atoms in total. The zero-order valence-electron chi connectivity index (χ0n) is 10.1. The van der Waals surface area contributed by atoms with Gasteiger partial charge in [-0.2, -0.15) is 13.2 Å². The minimum Gasteiger partial charge on any atom is -0.494 e. The Labute approximate surface area is 116 Å². The standard InChI is InChI=1S/C12H12BrF3O3/c1-2-19-8-3-4-9(10(13)5-8)11(17)6-18-7-12(14,15)16/h3-5H,2,6-7H2,1H3. The van der Waals surface area contributed by atoms with Crippen molar-refractivity contribution < 1.29 is 27.4 Å². The highest BCUT2D eigenvalue weighted by Gasteiger charge is 2.28. The van der Waals surface area contributed by atoms with Gasteiger partial charge in [0.1, 0.15) is 19.0 Å². The van der Waals surface area contributed by atoms with Crippen molar-refractivity contribution in [3.63, 3.8) is 0 Å². The quantitative estimate of drug-likeness (QED) is 0.742. The molecule has 1 aromatic carbocycles. The number of ketones is 1. The van der Waals surface area contributed by atoms with Gasteiger partial charge in [-0.15, -0.1) is 0 Å². The highest BCUT2D eigenvalue weighted by molar-refractivity contribution is 9.10. The molecule has 1 rings (SSSR count). The normalized spacial score (nSPS) is 11.4. The SMILES string of the molecule is CCOc1ccc(C(=O)COCC(F)(F)F)c(Br)c1. The second kappa shape index (κ2) is 6.91. The third-order valence-corrected chi connectivity index (χ3v) is 2.71. The monoisotopic (exact) mass is 340 g/mol. The van der Waals surface area contributed by atoms with Crippen molar-refractivity contribution in [2.45, 2.75) is 13.1 Å². The van der Waals surface area contributed by atoms with Crippen LogP contribution in [0, 0.1) is 0 Å². The summed E-state index contributed by atoms with van der Waals surface area (Å²) in [6.45, 7) is 0.242. The van der Waals surface area contributed by atoms with Gasteiger partial charge in [0.05, 0.1) is 6.61 Å². The summed E-state index contributed by atoms with van der Waals surface area (Å²) >= 11 is 3.17. The van der Waals surface area contributed by atoms with Crippen molar-refractivity contribution in [3.8, 4) is 5.75 Å². The fraction of sp³-hybridized carbons (Fsp3) is 0.417. The summed E-state index contributed by atoms with van der Waals surface area (Å²) < 4.78 is 45.6. The lowest BCUT2D eigenvalue weighted by molar-refractivity contribution is -0.170. The Morgan fingerprint density at radius 1 is 1.37 bits per heavy atom. The van der Waals surface area contributed by atoms with Crippen molar-refractivity contribution in [1.29, 1.82) is 0 Å². The Bertz CT molecular complexity index is 446. The van der Waals surface area contributed by atoms with Crippen molar-refractivity contribution in [3.05, 3.63) is 28.2 Å². The lowest BCUT2D eigenvalue weighted by atomic mass is 10.1. The third kappa shape index (κ3) is 5.61. The van der Waals surface area contributed by atoms with Gasteiger partial charge in [-0.25, -0.2) is 0 Å². The van der Waals surface area contributed by atoms with E-state index < -0.39 is 25.2 Å². The summed E-state index contributed by atoms with van der Waals surface area (Å²) in [5.74, 6) is 0.0429. The van der Waals surface area contributed by atoms with Crippen LogP contribution in [0.1, 0.15) is 17.3 Å². The van der Waals surface area contributed by atoms with Crippen molar-refractivity contribution in [1.82, 2.24) is 0 Å². The molecule has 0 aromatic heterocycles. The minimum atomic E-state index is -4.43. The first-order chi connectivity index (χ1) is 8.83. The second-order valence-electron chi connectivity index (χ2n) is 3.61. The molecule has 106 valence electrons. The zero-order chi connectivity index (χ0) is 14.5. The molecule has 0 N–H and O–H groups in total. The molecule has 0 amide bonds. The van der Waals surface area contributed by atoms with Gasteiger partial charge < -0.3 is 9.47 Å². The number of alkyl halides is 3. The molecule has 1 aromatic rings. The number of hydrogen-bond acceptors (Lipinski definition) is 3. The van der Waals surface area contributed by atoms with E-state index in [1.807, 2.05) is 6.92 Å². The van der Waals surface area contributed by atoms with E-state index in [1.54, 1.807) is 12.1 Å². The molecule has 0 aliphatic rings. The summed E-state index contributed by atoms with van der Waals surface area (Å²) in [6.07, 6.45) is -4.43. The smallest absolute Gasteiger partial charge is 0.411 e. The number of ether oxygens (including phenoxy) is 2. The zero-order valence-corrected chi connectivity index (χ0v) is 11.7. The largest absolute Gasteiger partial charge is 0.494 e. The van der Waals surface area contributed by atoms with Crippen molar-refractivity contribution in [2.75, 3.05) is 19.8 Å². The molecule has 0 saturated heterocycles. The average molecular weight is 341 g/mol. The summed E-state index contributed by atoms with van der Waals surface area (Å²) in [4.78, 5) is 11.7. The Kier molecular flexibility index (Phi) is 5.81. The van der Waals surface area contributed by atoms with E-state index in [9.17, 15) is 18.0 Å². The van der Waals surface area contributed by atoms with Crippen LogP contribution in [0.15, 0.2) is 22.7 Å². The van der Waals surface area contributed by atoms with Crippen LogP contribution in [-0.2, 0) is 4.74 Å². The predicted octanol–water partition coefficient (Wildman–Crippen LogP) is 3.61.